The zero-order valence-electron chi connectivity index (χ0n) is 11.5. The first-order valence-electron chi connectivity index (χ1n) is 6.51. The fourth-order valence-corrected chi connectivity index (χ4v) is 2.25. The van der Waals surface area contributed by atoms with Gasteiger partial charge in [0.15, 0.2) is 5.69 Å². The van der Waals surface area contributed by atoms with Gasteiger partial charge in [-0.2, -0.15) is 0 Å². The highest BCUT2D eigenvalue weighted by Gasteiger charge is 2.26. The Balaban J connectivity index is 2.36. The monoisotopic (exact) mass is 279 g/mol. The summed E-state index contributed by atoms with van der Waals surface area (Å²) in [6.45, 7) is 3.57. The maximum absolute atomic E-state index is 11.5. The van der Waals surface area contributed by atoms with Crippen LogP contribution in [-0.2, 0) is 4.74 Å². The summed E-state index contributed by atoms with van der Waals surface area (Å²) in [6.07, 6.45) is 1.92. The van der Waals surface area contributed by atoms with Gasteiger partial charge >= 0.3 is 11.7 Å². The summed E-state index contributed by atoms with van der Waals surface area (Å²) in [4.78, 5) is 28.1. The summed E-state index contributed by atoms with van der Waals surface area (Å²) in [5.41, 5.74) is 0.0129. The normalized spacial score (nSPS) is 16.0. The maximum Gasteiger partial charge on any atom is 0.356 e. The number of hydrogen-bond donors (Lipinski definition) is 0. The molecular formula is C13H17N3O4. The number of nitrogens with zero attached hydrogens (tertiary/aromatic N) is 3. The molecule has 1 aliphatic heterocycles. The molecule has 0 unspecified atom stereocenters. The first kappa shape index (κ1) is 14.2. The second kappa shape index (κ2) is 5.85. The number of hydrogen-bond acceptors (Lipinski definition) is 6. The van der Waals surface area contributed by atoms with Crippen LogP contribution in [0.4, 0.5) is 11.5 Å². The van der Waals surface area contributed by atoms with Crippen molar-refractivity contribution >= 4 is 17.5 Å². The van der Waals surface area contributed by atoms with Crippen molar-refractivity contribution in [1.29, 1.82) is 0 Å². The van der Waals surface area contributed by atoms with Crippen molar-refractivity contribution in [3.8, 4) is 0 Å². The van der Waals surface area contributed by atoms with Crippen molar-refractivity contribution in [1.82, 2.24) is 4.98 Å². The van der Waals surface area contributed by atoms with Gasteiger partial charge < -0.3 is 9.64 Å². The van der Waals surface area contributed by atoms with E-state index >= 15 is 0 Å². The standard InChI is InChI=1S/C13H17N3O4/c1-9-5-7-15(8-6-9)12-11(16(18)19)4-3-10(14-12)13(17)20-2/h3-4,9H,5-8H2,1-2H3. The van der Waals surface area contributed by atoms with Crippen molar-refractivity contribution in [2.45, 2.75) is 19.8 Å². The number of methoxy groups -OCH3 is 1. The lowest BCUT2D eigenvalue weighted by atomic mass is 9.99. The molecule has 1 aliphatic rings. The topological polar surface area (TPSA) is 85.6 Å². The zero-order chi connectivity index (χ0) is 14.7. The van der Waals surface area contributed by atoms with E-state index in [0.717, 1.165) is 12.8 Å². The van der Waals surface area contributed by atoms with E-state index in [9.17, 15) is 14.9 Å². The van der Waals surface area contributed by atoms with Crippen molar-refractivity contribution in [2.24, 2.45) is 5.92 Å². The van der Waals surface area contributed by atoms with Gasteiger partial charge in [-0.1, -0.05) is 6.92 Å². The Morgan fingerprint density at radius 1 is 1.45 bits per heavy atom. The van der Waals surface area contributed by atoms with Gasteiger partial charge in [-0.15, -0.1) is 0 Å². The smallest absolute Gasteiger partial charge is 0.356 e. The van der Waals surface area contributed by atoms with Gasteiger partial charge in [0, 0.05) is 19.2 Å². The van der Waals surface area contributed by atoms with Crippen LogP contribution in [-0.4, -0.2) is 36.1 Å². The van der Waals surface area contributed by atoms with Gasteiger partial charge in [0.25, 0.3) is 0 Å². The molecule has 20 heavy (non-hydrogen) atoms. The van der Waals surface area contributed by atoms with Crippen molar-refractivity contribution in [2.75, 3.05) is 25.1 Å². The van der Waals surface area contributed by atoms with Gasteiger partial charge in [0.05, 0.1) is 12.0 Å². The van der Waals surface area contributed by atoms with E-state index in [1.165, 1.54) is 19.2 Å². The largest absolute Gasteiger partial charge is 0.464 e. The molecule has 2 heterocycles. The van der Waals surface area contributed by atoms with E-state index in [-0.39, 0.29) is 17.2 Å². The second-order valence-corrected chi connectivity index (χ2v) is 4.96. The molecule has 108 valence electrons. The van der Waals surface area contributed by atoms with Crippen LogP contribution in [0.15, 0.2) is 12.1 Å². The van der Waals surface area contributed by atoms with E-state index in [4.69, 9.17) is 0 Å². The van der Waals surface area contributed by atoms with Crippen molar-refractivity contribution in [3.63, 3.8) is 0 Å². The Labute approximate surface area is 116 Å². The van der Waals surface area contributed by atoms with Gasteiger partial charge in [-0.25, -0.2) is 9.78 Å². The first-order chi connectivity index (χ1) is 9.52. The highest BCUT2D eigenvalue weighted by Crippen LogP contribution is 2.29. The van der Waals surface area contributed by atoms with Crippen molar-refractivity contribution < 1.29 is 14.5 Å². The lowest BCUT2D eigenvalue weighted by Crippen LogP contribution is -2.34. The summed E-state index contributed by atoms with van der Waals surface area (Å²) < 4.78 is 4.61. The quantitative estimate of drug-likeness (QED) is 0.478. The molecule has 1 aromatic rings. The highest BCUT2D eigenvalue weighted by molar-refractivity contribution is 5.88. The van der Waals surface area contributed by atoms with Crippen LogP contribution in [0.5, 0.6) is 0 Å². The van der Waals surface area contributed by atoms with E-state index in [1.54, 1.807) is 0 Å². The predicted molar refractivity (Wildman–Crippen MR) is 72.8 cm³/mol. The molecule has 1 aromatic heterocycles. The number of ether oxygens (including phenoxy) is 1. The molecular weight excluding hydrogens is 262 g/mol. The maximum atomic E-state index is 11.5. The molecule has 0 aromatic carbocycles. The first-order valence-corrected chi connectivity index (χ1v) is 6.51. The Morgan fingerprint density at radius 3 is 2.65 bits per heavy atom. The van der Waals surface area contributed by atoms with E-state index < -0.39 is 10.9 Å². The average molecular weight is 279 g/mol. The molecule has 0 atom stereocenters. The number of esters is 1. The molecule has 7 heteroatoms. The molecule has 0 aliphatic carbocycles. The summed E-state index contributed by atoms with van der Waals surface area (Å²) in [6, 6.07) is 2.63. The van der Waals surface area contributed by atoms with Crippen LogP contribution in [0.25, 0.3) is 0 Å². The number of rotatable bonds is 3. The van der Waals surface area contributed by atoms with Gasteiger partial charge in [0.1, 0.15) is 0 Å². The van der Waals surface area contributed by atoms with Crippen LogP contribution in [0.3, 0.4) is 0 Å². The van der Waals surface area contributed by atoms with Crippen LogP contribution in [0, 0.1) is 16.0 Å². The van der Waals surface area contributed by atoms with Crippen molar-refractivity contribution in [3.05, 3.63) is 27.9 Å². The van der Waals surface area contributed by atoms with Crippen LogP contribution in [0.2, 0.25) is 0 Å². The Bertz CT molecular complexity index is 524. The SMILES string of the molecule is COC(=O)c1ccc([N+](=O)[O-])c(N2CCC(C)CC2)n1. The molecule has 0 spiro atoms. The number of carbonyl (C=O) groups excluding carboxylic acids is 1. The lowest BCUT2D eigenvalue weighted by Gasteiger charge is -2.30. The summed E-state index contributed by atoms with van der Waals surface area (Å²) in [5, 5.41) is 11.1. The predicted octanol–water partition coefficient (Wildman–Crippen LogP) is 2.01. The second-order valence-electron chi connectivity index (χ2n) is 4.96. The molecule has 1 fully saturated rings. The number of nitro groups is 1. The molecule has 0 radical (unpaired) electrons. The highest BCUT2D eigenvalue weighted by atomic mass is 16.6. The Morgan fingerprint density at radius 2 is 2.10 bits per heavy atom. The summed E-state index contributed by atoms with van der Waals surface area (Å²) in [7, 11) is 1.26. The molecule has 0 bridgehead atoms. The number of carbonyl (C=O) groups is 1. The number of anilines is 1. The third-order valence-corrected chi connectivity index (χ3v) is 3.53. The molecule has 0 amide bonds. The molecule has 7 nitrogen and oxygen atoms in total. The fourth-order valence-electron chi connectivity index (χ4n) is 2.25. The molecule has 0 N–H and O–H groups in total. The van der Waals surface area contributed by atoms with Gasteiger partial charge in [-0.3, -0.25) is 10.1 Å². The fraction of sp³-hybridized carbons (Fsp3) is 0.538. The third kappa shape index (κ3) is 2.87. The minimum absolute atomic E-state index is 0.0767. The summed E-state index contributed by atoms with van der Waals surface area (Å²) >= 11 is 0. The van der Waals surface area contributed by atoms with Crippen LogP contribution in [0.1, 0.15) is 30.3 Å². The number of piperidine rings is 1. The lowest BCUT2D eigenvalue weighted by molar-refractivity contribution is -0.384. The minimum atomic E-state index is -0.591. The van der Waals surface area contributed by atoms with Crippen LogP contribution >= 0.6 is 0 Å². The molecule has 2 rings (SSSR count). The number of pyridine rings is 1. The Kier molecular flexibility index (Phi) is 4.16. The summed E-state index contributed by atoms with van der Waals surface area (Å²) in [5.74, 6) is 0.269. The zero-order valence-corrected chi connectivity index (χ0v) is 11.5. The minimum Gasteiger partial charge on any atom is -0.464 e. The van der Waals surface area contributed by atoms with E-state index in [1.807, 2.05) is 4.90 Å². The third-order valence-electron chi connectivity index (χ3n) is 3.53. The Hall–Kier alpha value is -2.18. The van der Waals surface area contributed by atoms with E-state index in [0.29, 0.717) is 19.0 Å². The average Bonchev–Trinajstić information content (AvgIpc) is 2.46. The van der Waals surface area contributed by atoms with Gasteiger partial charge in [-0.05, 0) is 24.8 Å². The number of aromatic nitrogens is 1. The van der Waals surface area contributed by atoms with Crippen LogP contribution < -0.4 is 4.90 Å². The van der Waals surface area contributed by atoms with E-state index in [2.05, 4.69) is 16.6 Å². The van der Waals surface area contributed by atoms with Gasteiger partial charge in [0.2, 0.25) is 5.82 Å². The molecule has 0 saturated carbocycles. The molecule has 1 saturated heterocycles.